The highest BCUT2D eigenvalue weighted by Gasteiger charge is 2.08. The Kier molecular flexibility index (Phi) is 4.30. The van der Waals surface area contributed by atoms with E-state index in [1.807, 2.05) is 24.3 Å². The molecule has 3 N–H and O–H groups in total. The zero-order valence-electron chi connectivity index (χ0n) is 11.4. The van der Waals surface area contributed by atoms with Gasteiger partial charge in [-0.3, -0.25) is 0 Å². The van der Waals surface area contributed by atoms with Gasteiger partial charge < -0.3 is 20.5 Å². The Labute approximate surface area is 117 Å². The van der Waals surface area contributed by atoms with Crippen molar-refractivity contribution in [2.45, 2.75) is 6.54 Å². The maximum atomic E-state index is 13.8. The Morgan fingerprint density at radius 1 is 1.10 bits per heavy atom. The smallest absolute Gasteiger partial charge is 0.148 e. The standard InChI is InChI=1S/C15H17FN2O2/c1-19-11-5-3-10(4-6-11)9-18-14-8-15(20-2)13(17)7-12(14)16/h3-8,18H,9,17H2,1-2H3. The van der Waals surface area contributed by atoms with Gasteiger partial charge in [0.1, 0.15) is 17.3 Å². The van der Waals surface area contributed by atoms with Crippen LogP contribution in [0.2, 0.25) is 0 Å². The average Bonchev–Trinajstić information content (AvgIpc) is 2.47. The first-order valence-corrected chi connectivity index (χ1v) is 6.14. The van der Waals surface area contributed by atoms with E-state index in [9.17, 15) is 4.39 Å². The molecule has 106 valence electrons. The molecule has 0 spiro atoms. The molecule has 0 aliphatic rings. The summed E-state index contributed by atoms with van der Waals surface area (Å²) in [6.45, 7) is 0.494. The van der Waals surface area contributed by atoms with Crippen LogP contribution >= 0.6 is 0 Å². The Bertz CT molecular complexity index is 585. The van der Waals surface area contributed by atoms with Gasteiger partial charge in [0.2, 0.25) is 0 Å². The lowest BCUT2D eigenvalue weighted by Crippen LogP contribution is -2.03. The normalized spacial score (nSPS) is 10.2. The number of rotatable bonds is 5. The first kappa shape index (κ1) is 14.0. The van der Waals surface area contributed by atoms with Crippen molar-refractivity contribution in [1.29, 1.82) is 0 Å². The van der Waals surface area contributed by atoms with Crippen molar-refractivity contribution in [3.05, 3.63) is 47.8 Å². The van der Waals surface area contributed by atoms with E-state index in [2.05, 4.69) is 5.32 Å². The van der Waals surface area contributed by atoms with E-state index in [1.54, 1.807) is 13.2 Å². The Balaban J connectivity index is 2.09. The first-order valence-electron chi connectivity index (χ1n) is 6.14. The minimum atomic E-state index is -0.406. The minimum absolute atomic E-state index is 0.278. The van der Waals surface area contributed by atoms with Crippen molar-refractivity contribution in [3.8, 4) is 11.5 Å². The number of hydrogen-bond donors (Lipinski definition) is 2. The number of ether oxygens (including phenoxy) is 2. The van der Waals surface area contributed by atoms with Crippen molar-refractivity contribution < 1.29 is 13.9 Å². The predicted molar refractivity (Wildman–Crippen MR) is 77.7 cm³/mol. The summed E-state index contributed by atoms with van der Waals surface area (Å²) in [5.74, 6) is 0.828. The van der Waals surface area contributed by atoms with Crippen molar-refractivity contribution in [3.63, 3.8) is 0 Å². The lowest BCUT2D eigenvalue weighted by atomic mass is 10.2. The van der Waals surface area contributed by atoms with Crippen LogP contribution in [-0.4, -0.2) is 14.2 Å². The summed E-state index contributed by atoms with van der Waals surface area (Å²) in [7, 11) is 3.11. The van der Waals surface area contributed by atoms with Crippen LogP contribution < -0.4 is 20.5 Å². The molecule has 0 aliphatic carbocycles. The summed E-state index contributed by atoms with van der Waals surface area (Å²) in [5, 5.41) is 3.02. The number of nitrogen functional groups attached to an aromatic ring is 1. The van der Waals surface area contributed by atoms with Crippen molar-refractivity contribution in [2.24, 2.45) is 0 Å². The fourth-order valence-electron chi connectivity index (χ4n) is 1.82. The van der Waals surface area contributed by atoms with Crippen LogP contribution in [0.4, 0.5) is 15.8 Å². The number of anilines is 2. The molecular formula is C15H17FN2O2. The van der Waals surface area contributed by atoms with E-state index in [-0.39, 0.29) is 5.69 Å². The molecule has 0 radical (unpaired) electrons. The molecule has 0 heterocycles. The van der Waals surface area contributed by atoms with E-state index < -0.39 is 5.82 Å². The number of nitrogens with two attached hydrogens (primary N) is 1. The highest BCUT2D eigenvalue weighted by Crippen LogP contribution is 2.28. The molecule has 0 atom stereocenters. The van der Waals surface area contributed by atoms with Crippen LogP contribution in [0.5, 0.6) is 11.5 Å². The molecule has 2 aromatic rings. The molecular weight excluding hydrogens is 259 g/mol. The monoisotopic (exact) mass is 276 g/mol. The van der Waals surface area contributed by atoms with Crippen LogP contribution in [0.1, 0.15) is 5.56 Å². The topological polar surface area (TPSA) is 56.5 Å². The third-order valence-corrected chi connectivity index (χ3v) is 2.96. The van der Waals surface area contributed by atoms with E-state index in [1.165, 1.54) is 13.2 Å². The van der Waals surface area contributed by atoms with E-state index in [0.717, 1.165) is 11.3 Å². The SMILES string of the molecule is COc1ccc(CNc2cc(OC)c(N)cc2F)cc1. The number of nitrogens with one attached hydrogen (secondary N) is 1. The number of hydrogen-bond acceptors (Lipinski definition) is 4. The molecule has 0 saturated carbocycles. The molecule has 20 heavy (non-hydrogen) atoms. The Hall–Kier alpha value is -2.43. The molecule has 4 nitrogen and oxygen atoms in total. The maximum absolute atomic E-state index is 13.8. The molecule has 2 aromatic carbocycles. The van der Waals surface area contributed by atoms with Gasteiger partial charge in [-0.25, -0.2) is 4.39 Å². The molecule has 5 heteroatoms. The van der Waals surface area contributed by atoms with Gasteiger partial charge in [0.25, 0.3) is 0 Å². The van der Waals surface area contributed by atoms with Crippen LogP contribution in [-0.2, 0) is 6.54 Å². The summed E-state index contributed by atoms with van der Waals surface area (Å²) in [5.41, 5.74) is 7.28. The molecule has 0 saturated heterocycles. The Morgan fingerprint density at radius 3 is 2.40 bits per heavy atom. The molecule has 0 bridgehead atoms. The molecule has 0 amide bonds. The fraction of sp³-hybridized carbons (Fsp3) is 0.200. The average molecular weight is 276 g/mol. The third-order valence-electron chi connectivity index (χ3n) is 2.96. The van der Waals surface area contributed by atoms with Crippen LogP contribution in [0.3, 0.4) is 0 Å². The Morgan fingerprint density at radius 2 is 1.80 bits per heavy atom. The molecule has 2 rings (SSSR count). The quantitative estimate of drug-likeness (QED) is 0.824. The van der Waals surface area contributed by atoms with Gasteiger partial charge in [-0.05, 0) is 17.7 Å². The largest absolute Gasteiger partial charge is 0.497 e. The highest BCUT2D eigenvalue weighted by atomic mass is 19.1. The number of benzene rings is 2. The summed E-state index contributed by atoms with van der Waals surface area (Å²) in [6, 6.07) is 10.3. The number of methoxy groups -OCH3 is 2. The van der Waals surface area contributed by atoms with Gasteiger partial charge in [-0.1, -0.05) is 12.1 Å². The van der Waals surface area contributed by atoms with Crippen LogP contribution in [0, 0.1) is 5.82 Å². The lowest BCUT2D eigenvalue weighted by Gasteiger charge is -2.11. The van der Waals surface area contributed by atoms with Gasteiger partial charge in [-0.2, -0.15) is 0 Å². The maximum Gasteiger partial charge on any atom is 0.148 e. The predicted octanol–water partition coefficient (Wildman–Crippen LogP) is 3.04. The van der Waals surface area contributed by atoms with Gasteiger partial charge >= 0.3 is 0 Å². The first-order chi connectivity index (χ1) is 9.63. The highest BCUT2D eigenvalue weighted by molar-refractivity contribution is 5.62. The second kappa shape index (κ2) is 6.14. The van der Waals surface area contributed by atoms with Crippen LogP contribution in [0.15, 0.2) is 36.4 Å². The van der Waals surface area contributed by atoms with Gasteiger partial charge in [0, 0.05) is 18.7 Å². The fourth-order valence-corrected chi connectivity index (χ4v) is 1.82. The number of halogens is 1. The third kappa shape index (κ3) is 3.12. The summed E-state index contributed by atoms with van der Waals surface area (Å²) in [6.07, 6.45) is 0. The summed E-state index contributed by atoms with van der Waals surface area (Å²) < 4.78 is 23.9. The van der Waals surface area contributed by atoms with Crippen molar-refractivity contribution >= 4 is 11.4 Å². The lowest BCUT2D eigenvalue weighted by molar-refractivity contribution is 0.414. The summed E-state index contributed by atoms with van der Waals surface area (Å²) >= 11 is 0. The molecule has 0 fully saturated rings. The minimum Gasteiger partial charge on any atom is -0.497 e. The van der Waals surface area contributed by atoms with Gasteiger partial charge in [-0.15, -0.1) is 0 Å². The molecule has 0 aromatic heterocycles. The van der Waals surface area contributed by atoms with E-state index in [0.29, 0.717) is 18.0 Å². The second-order valence-corrected chi connectivity index (χ2v) is 4.28. The van der Waals surface area contributed by atoms with Crippen molar-refractivity contribution in [2.75, 3.05) is 25.3 Å². The zero-order chi connectivity index (χ0) is 14.5. The van der Waals surface area contributed by atoms with Gasteiger partial charge in [0.15, 0.2) is 0 Å². The molecule has 0 aliphatic heterocycles. The van der Waals surface area contributed by atoms with E-state index >= 15 is 0 Å². The second-order valence-electron chi connectivity index (χ2n) is 4.28. The van der Waals surface area contributed by atoms with E-state index in [4.69, 9.17) is 15.2 Å². The van der Waals surface area contributed by atoms with Crippen molar-refractivity contribution in [1.82, 2.24) is 0 Å². The van der Waals surface area contributed by atoms with Gasteiger partial charge in [0.05, 0.1) is 25.6 Å². The van der Waals surface area contributed by atoms with Crippen LogP contribution in [0.25, 0.3) is 0 Å². The zero-order valence-corrected chi connectivity index (χ0v) is 11.4. The summed E-state index contributed by atoms with van der Waals surface area (Å²) in [4.78, 5) is 0. The molecule has 0 unspecified atom stereocenters.